The normalized spacial score (nSPS) is 12.4. The number of carbonyl (C=O) groups is 1. The molecule has 1 N–H and O–H groups in total. The Labute approximate surface area is 169 Å². The largest absolute Gasteiger partial charge is 0.345 e. The molecule has 1 unspecified atom stereocenters. The summed E-state index contributed by atoms with van der Waals surface area (Å²) >= 11 is 1.43. The van der Waals surface area contributed by atoms with Gasteiger partial charge in [-0.25, -0.2) is 13.4 Å². The van der Waals surface area contributed by atoms with E-state index in [1.165, 1.54) is 18.0 Å². The summed E-state index contributed by atoms with van der Waals surface area (Å²) in [5.41, 5.74) is 1.32. The summed E-state index contributed by atoms with van der Waals surface area (Å²) in [6.07, 6.45) is 2.83. The van der Waals surface area contributed by atoms with E-state index in [9.17, 15) is 13.2 Å². The number of sulfone groups is 1. The first kappa shape index (κ1) is 20.1. The first-order valence-electron chi connectivity index (χ1n) is 8.63. The second kappa shape index (κ2) is 8.58. The summed E-state index contributed by atoms with van der Waals surface area (Å²) in [7, 11) is -3.25. The van der Waals surface area contributed by atoms with E-state index >= 15 is 0 Å². The summed E-state index contributed by atoms with van der Waals surface area (Å²) in [4.78, 5) is 18.4. The molecule has 0 saturated carbocycles. The van der Waals surface area contributed by atoms with Crippen LogP contribution < -0.4 is 5.32 Å². The number of nitrogens with one attached hydrogen (secondary N) is 1. The van der Waals surface area contributed by atoms with Gasteiger partial charge in [0.25, 0.3) is 5.91 Å². The molecule has 3 aromatic rings. The quantitative estimate of drug-likeness (QED) is 0.659. The average Bonchev–Trinajstić information content (AvgIpc) is 2.68. The number of hydrogen-bond donors (Lipinski definition) is 1. The Kier molecular flexibility index (Phi) is 6.16. The van der Waals surface area contributed by atoms with Gasteiger partial charge in [0.1, 0.15) is 5.03 Å². The monoisotopic (exact) mass is 412 g/mol. The molecule has 7 heteroatoms. The Morgan fingerprint density at radius 2 is 1.68 bits per heavy atom. The number of benzene rings is 2. The molecule has 0 aliphatic carbocycles. The molecule has 1 heterocycles. The molecule has 0 bridgehead atoms. The number of amides is 1. The van der Waals surface area contributed by atoms with Crippen molar-refractivity contribution in [1.82, 2.24) is 10.3 Å². The van der Waals surface area contributed by atoms with Crippen molar-refractivity contribution in [2.45, 2.75) is 27.8 Å². The molecule has 0 aliphatic rings. The molecule has 144 valence electrons. The maximum absolute atomic E-state index is 12.8. The minimum atomic E-state index is -3.25. The SMILES string of the molecule is CC(NC(=O)c1cccnc1Sc1ccccc1)c1ccc(S(C)(=O)=O)cc1. The lowest BCUT2D eigenvalue weighted by Crippen LogP contribution is -2.27. The fourth-order valence-corrected chi connectivity index (χ4v) is 4.14. The van der Waals surface area contributed by atoms with Crippen LogP contribution in [0.3, 0.4) is 0 Å². The van der Waals surface area contributed by atoms with Crippen LogP contribution in [0.15, 0.2) is 87.7 Å². The van der Waals surface area contributed by atoms with Gasteiger partial charge in [0.05, 0.1) is 16.5 Å². The van der Waals surface area contributed by atoms with Crippen LogP contribution in [0.2, 0.25) is 0 Å². The van der Waals surface area contributed by atoms with E-state index in [0.717, 1.165) is 10.5 Å². The van der Waals surface area contributed by atoms with Crippen LogP contribution in [-0.2, 0) is 9.84 Å². The summed E-state index contributed by atoms with van der Waals surface area (Å²) in [6, 6.07) is 19.5. The zero-order valence-corrected chi connectivity index (χ0v) is 17.1. The first-order chi connectivity index (χ1) is 13.3. The van der Waals surface area contributed by atoms with Crippen LogP contribution in [0.1, 0.15) is 28.9 Å². The van der Waals surface area contributed by atoms with Gasteiger partial charge in [0.15, 0.2) is 9.84 Å². The highest BCUT2D eigenvalue weighted by Crippen LogP contribution is 2.28. The third-order valence-electron chi connectivity index (χ3n) is 4.13. The summed E-state index contributed by atoms with van der Waals surface area (Å²) < 4.78 is 23.2. The van der Waals surface area contributed by atoms with Crippen molar-refractivity contribution in [2.24, 2.45) is 0 Å². The van der Waals surface area contributed by atoms with Gasteiger partial charge in [-0.2, -0.15) is 0 Å². The standard InChI is InChI=1S/C21H20N2O3S2/c1-15(16-10-12-18(13-11-16)28(2,25)26)23-20(24)19-9-6-14-22-21(19)27-17-7-4-3-5-8-17/h3-15H,1-2H3,(H,23,24). The van der Waals surface area contributed by atoms with Crippen LogP contribution in [0.4, 0.5) is 0 Å². The lowest BCUT2D eigenvalue weighted by atomic mass is 10.1. The minimum Gasteiger partial charge on any atom is -0.345 e. The number of aromatic nitrogens is 1. The number of pyridine rings is 1. The summed E-state index contributed by atoms with van der Waals surface area (Å²) in [5, 5.41) is 3.59. The van der Waals surface area contributed by atoms with Crippen LogP contribution in [0, 0.1) is 0 Å². The lowest BCUT2D eigenvalue weighted by molar-refractivity contribution is 0.0936. The van der Waals surface area contributed by atoms with Gasteiger partial charge in [-0.05, 0) is 48.9 Å². The van der Waals surface area contributed by atoms with Gasteiger partial charge < -0.3 is 5.32 Å². The Morgan fingerprint density at radius 3 is 2.32 bits per heavy atom. The topological polar surface area (TPSA) is 76.1 Å². The summed E-state index contributed by atoms with van der Waals surface area (Å²) in [6.45, 7) is 1.85. The Bertz CT molecular complexity index is 1070. The van der Waals surface area contributed by atoms with Crippen LogP contribution in [-0.4, -0.2) is 25.6 Å². The molecule has 1 aromatic heterocycles. The van der Waals surface area contributed by atoms with E-state index in [4.69, 9.17) is 0 Å². The molecule has 0 spiro atoms. The van der Waals surface area contributed by atoms with Gasteiger partial charge in [0.2, 0.25) is 0 Å². The Balaban J connectivity index is 1.76. The summed E-state index contributed by atoms with van der Waals surface area (Å²) in [5.74, 6) is -0.230. The van der Waals surface area contributed by atoms with Crippen LogP contribution in [0.25, 0.3) is 0 Å². The molecule has 2 aromatic carbocycles. The van der Waals surface area contributed by atoms with Crippen LogP contribution in [0.5, 0.6) is 0 Å². The zero-order valence-electron chi connectivity index (χ0n) is 15.5. The molecule has 0 saturated heterocycles. The lowest BCUT2D eigenvalue weighted by Gasteiger charge is -2.16. The van der Waals surface area contributed by atoms with E-state index in [0.29, 0.717) is 10.6 Å². The third kappa shape index (κ3) is 4.99. The molecule has 0 fully saturated rings. The molecular weight excluding hydrogens is 392 g/mol. The number of carbonyl (C=O) groups excluding carboxylic acids is 1. The van der Waals surface area contributed by atoms with Crippen molar-refractivity contribution in [3.63, 3.8) is 0 Å². The number of nitrogens with zero attached hydrogens (tertiary/aromatic N) is 1. The zero-order chi connectivity index (χ0) is 20.1. The van der Waals surface area contributed by atoms with Crippen molar-refractivity contribution in [3.05, 3.63) is 84.1 Å². The van der Waals surface area contributed by atoms with E-state index in [1.807, 2.05) is 37.3 Å². The highest BCUT2D eigenvalue weighted by atomic mass is 32.2. The highest BCUT2D eigenvalue weighted by Gasteiger charge is 2.17. The number of rotatable bonds is 6. The van der Waals surface area contributed by atoms with Gasteiger partial charge in [-0.1, -0.05) is 42.1 Å². The molecule has 1 atom stereocenters. The predicted octanol–water partition coefficient (Wildman–Crippen LogP) is 4.13. The van der Waals surface area contributed by atoms with Crippen molar-refractivity contribution in [3.8, 4) is 0 Å². The molecule has 0 radical (unpaired) electrons. The highest BCUT2D eigenvalue weighted by molar-refractivity contribution is 7.99. The van der Waals surface area contributed by atoms with E-state index in [-0.39, 0.29) is 16.8 Å². The van der Waals surface area contributed by atoms with Gasteiger partial charge in [-0.3, -0.25) is 4.79 Å². The third-order valence-corrected chi connectivity index (χ3v) is 6.28. The maximum Gasteiger partial charge on any atom is 0.254 e. The van der Waals surface area contributed by atoms with Gasteiger partial charge >= 0.3 is 0 Å². The maximum atomic E-state index is 12.8. The molecular formula is C21H20N2O3S2. The van der Waals surface area contributed by atoms with E-state index in [2.05, 4.69) is 10.3 Å². The first-order valence-corrected chi connectivity index (χ1v) is 11.3. The molecule has 1 amide bonds. The van der Waals surface area contributed by atoms with Gasteiger partial charge in [0, 0.05) is 17.3 Å². The minimum absolute atomic E-state index is 0.230. The smallest absolute Gasteiger partial charge is 0.254 e. The average molecular weight is 413 g/mol. The fourth-order valence-electron chi connectivity index (χ4n) is 2.61. The fraction of sp³-hybridized carbons (Fsp3) is 0.143. The predicted molar refractivity (Wildman–Crippen MR) is 110 cm³/mol. The second-order valence-corrected chi connectivity index (χ2v) is 9.39. The molecule has 28 heavy (non-hydrogen) atoms. The van der Waals surface area contributed by atoms with Crippen LogP contribution >= 0.6 is 11.8 Å². The van der Waals surface area contributed by atoms with Gasteiger partial charge in [-0.15, -0.1) is 0 Å². The second-order valence-electron chi connectivity index (χ2n) is 6.31. The molecule has 3 rings (SSSR count). The molecule has 5 nitrogen and oxygen atoms in total. The Morgan fingerprint density at radius 1 is 1.00 bits per heavy atom. The van der Waals surface area contributed by atoms with Crippen molar-refractivity contribution in [2.75, 3.05) is 6.26 Å². The molecule has 0 aliphatic heterocycles. The van der Waals surface area contributed by atoms with Crippen molar-refractivity contribution >= 4 is 27.5 Å². The van der Waals surface area contributed by atoms with Crippen molar-refractivity contribution < 1.29 is 13.2 Å². The van der Waals surface area contributed by atoms with E-state index in [1.54, 1.807) is 42.6 Å². The number of hydrogen-bond acceptors (Lipinski definition) is 5. The van der Waals surface area contributed by atoms with E-state index < -0.39 is 9.84 Å². The Hall–Kier alpha value is -2.64. The van der Waals surface area contributed by atoms with Crippen molar-refractivity contribution in [1.29, 1.82) is 0 Å².